The SMILES string of the molecule is COc1ccc(CCCNC(=O)c2ccc(OCCSc3ccccc3)cc2)cc1. The van der Waals surface area contributed by atoms with Gasteiger partial charge in [0.1, 0.15) is 11.5 Å². The van der Waals surface area contributed by atoms with Crippen LogP contribution in [0, 0.1) is 0 Å². The number of nitrogens with one attached hydrogen (secondary N) is 1. The van der Waals surface area contributed by atoms with Crippen molar-refractivity contribution < 1.29 is 14.3 Å². The second-order valence-electron chi connectivity index (χ2n) is 6.74. The summed E-state index contributed by atoms with van der Waals surface area (Å²) in [4.78, 5) is 13.5. The highest BCUT2D eigenvalue weighted by atomic mass is 32.2. The van der Waals surface area contributed by atoms with E-state index in [2.05, 4.69) is 29.6 Å². The minimum Gasteiger partial charge on any atom is -0.497 e. The van der Waals surface area contributed by atoms with Gasteiger partial charge in [-0.15, -0.1) is 11.8 Å². The fourth-order valence-corrected chi connectivity index (χ4v) is 3.68. The first-order valence-corrected chi connectivity index (χ1v) is 11.0. The van der Waals surface area contributed by atoms with E-state index in [0.717, 1.165) is 30.1 Å². The van der Waals surface area contributed by atoms with E-state index in [1.165, 1.54) is 10.5 Å². The van der Waals surface area contributed by atoms with Gasteiger partial charge in [0.15, 0.2) is 0 Å². The van der Waals surface area contributed by atoms with Crippen LogP contribution in [-0.4, -0.2) is 31.9 Å². The molecule has 3 rings (SSSR count). The molecule has 0 fully saturated rings. The van der Waals surface area contributed by atoms with Gasteiger partial charge < -0.3 is 14.8 Å². The highest BCUT2D eigenvalue weighted by Gasteiger charge is 2.05. The molecule has 156 valence electrons. The van der Waals surface area contributed by atoms with E-state index >= 15 is 0 Å². The number of aryl methyl sites for hydroxylation is 1. The van der Waals surface area contributed by atoms with Gasteiger partial charge >= 0.3 is 0 Å². The molecule has 30 heavy (non-hydrogen) atoms. The van der Waals surface area contributed by atoms with Crippen LogP contribution in [0.15, 0.2) is 83.8 Å². The topological polar surface area (TPSA) is 47.6 Å². The Hall–Kier alpha value is -2.92. The second-order valence-corrected chi connectivity index (χ2v) is 7.91. The van der Waals surface area contributed by atoms with E-state index in [9.17, 15) is 4.79 Å². The Kier molecular flexibility index (Phi) is 8.66. The molecule has 0 saturated heterocycles. The van der Waals surface area contributed by atoms with Gasteiger partial charge in [0, 0.05) is 22.8 Å². The zero-order valence-electron chi connectivity index (χ0n) is 17.2. The fraction of sp³-hybridized carbons (Fsp3) is 0.240. The number of methoxy groups -OCH3 is 1. The van der Waals surface area contributed by atoms with Crippen LogP contribution in [0.1, 0.15) is 22.3 Å². The van der Waals surface area contributed by atoms with Gasteiger partial charge in [-0.05, 0) is 66.9 Å². The van der Waals surface area contributed by atoms with E-state index in [1.807, 2.05) is 42.5 Å². The van der Waals surface area contributed by atoms with Crippen LogP contribution in [0.4, 0.5) is 0 Å². The molecule has 4 nitrogen and oxygen atoms in total. The number of carbonyl (C=O) groups is 1. The Morgan fingerprint density at radius 3 is 2.30 bits per heavy atom. The summed E-state index contributed by atoms with van der Waals surface area (Å²) in [6.07, 6.45) is 1.80. The minimum atomic E-state index is -0.0593. The van der Waals surface area contributed by atoms with E-state index in [0.29, 0.717) is 18.7 Å². The van der Waals surface area contributed by atoms with Crippen molar-refractivity contribution in [2.75, 3.05) is 26.0 Å². The molecule has 0 radical (unpaired) electrons. The zero-order chi connectivity index (χ0) is 21.0. The summed E-state index contributed by atoms with van der Waals surface area (Å²) in [6.45, 7) is 1.26. The molecular weight excluding hydrogens is 394 g/mol. The van der Waals surface area contributed by atoms with E-state index < -0.39 is 0 Å². The molecule has 0 spiro atoms. The molecule has 1 amide bonds. The van der Waals surface area contributed by atoms with Crippen LogP contribution in [0.2, 0.25) is 0 Å². The lowest BCUT2D eigenvalue weighted by Gasteiger charge is -2.08. The molecule has 0 heterocycles. The molecule has 0 aromatic heterocycles. The number of hydrogen-bond acceptors (Lipinski definition) is 4. The number of hydrogen-bond donors (Lipinski definition) is 1. The lowest BCUT2D eigenvalue weighted by molar-refractivity contribution is 0.0953. The van der Waals surface area contributed by atoms with Gasteiger partial charge in [-0.25, -0.2) is 0 Å². The molecule has 0 atom stereocenters. The minimum absolute atomic E-state index is 0.0593. The maximum absolute atomic E-state index is 12.3. The van der Waals surface area contributed by atoms with E-state index in [1.54, 1.807) is 31.0 Å². The number of amides is 1. The third-order valence-corrected chi connectivity index (χ3v) is 5.54. The number of carbonyl (C=O) groups excluding carboxylic acids is 1. The first-order chi connectivity index (χ1) is 14.7. The van der Waals surface area contributed by atoms with Crippen LogP contribution in [0.3, 0.4) is 0 Å². The average molecular weight is 422 g/mol. The van der Waals surface area contributed by atoms with Crippen molar-refractivity contribution in [2.24, 2.45) is 0 Å². The highest BCUT2D eigenvalue weighted by molar-refractivity contribution is 7.99. The Morgan fingerprint density at radius 1 is 0.900 bits per heavy atom. The number of ether oxygens (including phenoxy) is 2. The van der Waals surface area contributed by atoms with Crippen LogP contribution in [0.25, 0.3) is 0 Å². The Balaban J connectivity index is 1.33. The quantitative estimate of drug-likeness (QED) is 0.340. The molecule has 0 aliphatic rings. The molecule has 1 N–H and O–H groups in total. The van der Waals surface area contributed by atoms with Crippen LogP contribution >= 0.6 is 11.8 Å². The Labute approximate surface area is 182 Å². The van der Waals surface area contributed by atoms with Gasteiger partial charge in [0.2, 0.25) is 0 Å². The lowest BCUT2D eigenvalue weighted by Crippen LogP contribution is -2.24. The van der Waals surface area contributed by atoms with Crippen molar-refractivity contribution in [3.8, 4) is 11.5 Å². The summed E-state index contributed by atoms with van der Waals surface area (Å²) >= 11 is 1.76. The van der Waals surface area contributed by atoms with E-state index in [4.69, 9.17) is 9.47 Å². The van der Waals surface area contributed by atoms with Crippen LogP contribution in [-0.2, 0) is 6.42 Å². The van der Waals surface area contributed by atoms with Crippen molar-refractivity contribution in [3.05, 3.63) is 90.0 Å². The molecular formula is C25H27NO3S. The molecule has 0 unspecified atom stereocenters. The number of rotatable bonds is 11. The predicted molar refractivity (Wildman–Crippen MR) is 123 cm³/mol. The van der Waals surface area contributed by atoms with Gasteiger partial charge in [0.25, 0.3) is 5.91 Å². The maximum Gasteiger partial charge on any atom is 0.251 e. The Morgan fingerprint density at radius 2 is 1.60 bits per heavy atom. The van der Waals surface area contributed by atoms with Crippen molar-refractivity contribution in [2.45, 2.75) is 17.7 Å². The summed E-state index contributed by atoms with van der Waals surface area (Å²) in [6, 6.07) is 25.6. The molecule has 0 aliphatic carbocycles. The standard InChI is InChI=1S/C25H27NO3S/c1-28-22-13-9-20(10-14-22)6-5-17-26-25(27)21-11-15-23(16-12-21)29-18-19-30-24-7-3-2-4-8-24/h2-4,7-16H,5-6,17-19H2,1H3,(H,26,27). The van der Waals surface area contributed by atoms with Gasteiger partial charge in [-0.1, -0.05) is 30.3 Å². The smallest absolute Gasteiger partial charge is 0.251 e. The number of benzene rings is 3. The summed E-state index contributed by atoms with van der Waals surface area (Å²) in [7, 11) is 1.66. The summed E-state index contributed by atoms with van der Waals surface area (Å²) < 4.78 is 10.9. The molecule has 0 saturated carbocycles. The second kappa shape index (κ2) is 11.9. The lowest BCUT2D eigenvalue weighted by atomic mass is 10.1. The van der Waals surface area contributed by atoms with E-state index in [-0.39, 0.29) is 5.91 Å². The van der Waals surface area contributed by atoms with Crippen molar-refractivity contribution in [1.82, 2.24) is 5.32 Å². The van der Waals surface area contributed by atoms with Gasteiger partial charge in [0.05, 0.1) is 13.7 Å². The summed E-state index contributed by atoms with van der Waals surface area (Å²) in [5.74, 6) is 2.45. The van der Waals surface area contributed by atoms with Crippen LogP contribution in [0.5, 0.6) is 11.5 Å². The van der Waals surface area contributed by atoms with Crippen molar-refractivity contribution >= 4 is 17.7 Å². The monoisotopic (exact) mass is 421 g/mol. The maximum atomic E-state index is 12.3. The first-order valence-electron chi connectivity index (χ1n) is 10.1. The molecule has 3 aromatic carbocycles. The molecule has 5 heteroatoms. The Bertz CT molecular complexity index is 896. The van der Waals surface area contributed by atoms with Crippen LogP contribution < -0.4 is 14.8 Å². The molecule has 0 aliphatic heterocycles. The zero-order valence-corrected chi connectivity index (χ0v) is 18.0. The average Bonchev–Trinajstić information content (AvgIpc) is 2.81. The molecule has 3 aromatic rings. The summed E-state index contributed by atoms with van der Waals surface area (Å²) in [5.41, 5.74) is 1.88. The third kappa shape index (κ3) is 7.16. The fourth-order valence-electron chi connectivity index (χ4n) is 2.93. The largest absolute Gasteiger partial charge is 0.497 e. The predicted octanol–water partition coefficient (Wildman–Crippen LogP) is 5.23. The first kappa shape index (κ1) is 21.8. The summed E-state index contributed by atoms with van der Waals surface area (Å²) in [5, 5.41) is 2.97. The normalized spacial score (nSPS) is 10.4. The van der Waals surface area contributed by atoms with Crippen molar-refractivity contribution in [1.29, 1.82) is 0 Å². The number of thioether (sulfide) groups is 1. The van der Waals surface area contributed by atoms with Gasteiger partial charge in [-0.2, -0.15) is 0 Å². The van der Waals surface area contributed by atoms with Crippen molar-refractivity contribution in [3.63, 3.8) is 0 Å². The molecule has 0 bridgehead atoms. The third-order valence-electron chi connectivity index (χ3n) is 4.57. The van der Waals surface area contributed by atoms with Gasteiger partial charge in [-0.3, -0.25) is 4.79 Å². The highest BCUT2D eigenvalue weighted by Crippen LogP contribution is 2.18.